The maximum atomic E-state index is 13.0. The zero-order chi connectivity index (χ0) is 20.1. The van der Waals surface area contributed by atoms with Gasteiger partial charge < -0.3 is 4.74 Å². The van der Waals surface area contributed by atoms with Gasteiger partial charge in [0, 0.05) is 19.1 Å². The SMILES string of the molecule is CCOC(=O)C1(C(CC)NS(=O)C(C)(C)C)CCN(Cc2ccccc2)C1. The van der Waals surface area contributed by atoms with Crippen molar-refractivity contribution in [2.45, 2.75) is 64.8 Å². The van der Waals surface area contributed by atoms with Crippen molar-refractivity contribution in [3.8, 4) is 0 Å². The lowest BCUT2D eigenvalue weighted by atomic mass is 9.78. The lowest BCUT2D eigenvalue weighted by Crippen LogP contribution is -2.54. The number of nitrogens with one attached hydrogen (secondary N) is 1. The van der Waals surface area contributed by atoms with E-state index in [0.29, 0.717) is 19.6 Å². The molecule has 0 aliphatic carbocycles. The second-order valence-electron chi connectivity index (χ2n) is 8.28. The van der Waals surface area contributed by atoms with Gasteiger partial charge >= 0.3 is 5.97 Å². The molecule has 2 rings (SSSR count). The third-order valence-electron chi connectivity index (χ3n) is 5.19. The number of benzene rings is 1. The number of carbonyl (C=O) groups is 1. The molecule has 0 spiro atoms. The quantitative estimate of drug-likeness (QED) is 0.688. The monoisotopic (exact) mass is 394 g/mol. The first-order chi connectivity index (χ1) is 12.7. The van der Waals surface area contributed by atoms with Gasteiger partial charge in [0.15, 0.2) is 0 Å². The maximum Gasteiger partial charge on any atom is 0.315 e. The van der Waals surface area contributed by atoms with Crippen LogP contribution in [0, 0.1) is 5.41 Å². The molecule has 1 heterocycles. The molecule has 1 aromatic carbocycles. The van der Waals surface area contributed by atoms with Crippen LogP contribution in [0.15, 0.2) is 30.3 Å². The van der Waals surface area contributed by atoms with Crippen LogP contribution < -0.4 is 4.72 Å². The summed E-state index contributed by atoms with van der Waals surface area (Å²) in [5.74, 6) is -0.175. The Bertz CT molecular complexity index is 645. The van der Waals surface area contributed by atoms with Crippen molar-refractivity contribution in [3.63, 3.8) is 0 Å². The van der Waals surface area contributed by atoms with Gasteiger partial charge in [0.05, 0.1) is 27.8 Å². The molecule has 5 nitrogen and oxygen atoms in total. The molecule has 1 aliphatic rings. The van der Waals surface area contributed by atoms with Crippen molar-refractivity contribution in [2.75, 3.05) is 19.7 Å². The van der Waals surface area contributed by atoms with Crippen LogP contribution in [0.3, 0.4) is 0 Å². The summed E-state index contributed by atoms with van der Waals surface area (Å²) in [6.45, 7) is 12.3. The highest BCUT2D eigenvalue weighted by Crippen LogP contribution is 2.38. The van der Waals surface area contributed by atoms with Crippen molar-refractivity contribution in [3.05, 3.63) is 35.9 Å². The first kappa shape index (κ1) is 22.1. The zero-order valence-electron chi connectivity index (χ0n) is 17.3. The third kappa shape index (κ3) is 5.39. The van der Waals surface area contributed by atoms with E-state index in [1.54, 1.807) is 0 Å². The molecule has 3 atom stereocenters. The number of likely N-dealkylation sites (tertiary alicyclic amines) is 1. The van der Waals surface area contributed by atoms with Gasteiger partial charge in [-0.05, 0) is 52.6 Å². The molecule has 0 aromatic heterocycles. The maximum absolute atomic E-state index is 13.0. The van der Waals surface area contributed by atoms with Crippen LogP contribution in [0.5, 0.6) is 0 Å². The molecule has 1 N–H and O–H groups in total. The van der Waals surface area contributed by atoms with Crippen LogP contribution in [-0.4, -0.2) is 45.6 Å². The van der Waals surface area contributed by atoms with E-state index in [9.17, 15) is 9.00 Å². The van der Waals surface area contributed by atoms with E-state index >= 15 is 0 Å². The van der Waals surface area contributed by atoms with Crippen LogP contribution in [0.4, 0.5) is 0 Å². The molecule has 1 saturated heterocycles. The predicted octanol–water partition coefficient (Wildman–Crippen LogP) is 3.27. The van der Waals surface area contributed by atoms with Crippen molar-refractivity contribution >= 4 is 17.0 Å². The minimum absolute atomic E-state index is 0.175. The Hall–Kier alpha value is -1.24. The van der Waals surface area contributed by atoms with Crippen LogP contribution in [0.25, 0.3) is 0 Å². The zero-order valence-corrected chi connectivity index (χ0v) is 18.1. The molecule has 0 bridgehead atoms. The van der Waals surface area contributed by atoms with Crippen LogP contribution >= 0.6 is 0 Å². The number of nitrogens with zero attached hydrogens (tertiary/aromatic N) is 1. The number of hydrogen-bond acceptors (Lipinski definition) is 4. The van der Waals surface area contributed by atoms with Crippen LogP contribution in [0.2, 0.25) is 0 Å². The van der Waals surface area contributed by atoms with E-state index in [1.165, 1.54) is 5.56 Å². The smallest absolute Gasteiger partial charge is 0.315 e. The standard InChI is InChI=1S/C21H34N2O3S/c1-6-18(22-27(25)20(3,4)5)21(19(24)26-7-2)13-14-23(16-21)15-17-11-9-8-10-12-17/h8-12,18,22H,6-7,13-16H2,1-5H3. The molecule has 27 heavy (non-hydrogen) atoms. The van der Waals surface area contributed by atoms with Crippen molar-refractivity contribution in [2.24, 2.45) is 5.41 Å². The predicted molar refractivity (Wildman–Crippen MR) is 111 cm³/mol. The summed E-state index contributed by atoms with van der Waals surface area (Å²) in [7, 11) is -1.24. The largest absolute Gasteiger partial charge is 0.465 e. The second-order valence-corrected chi connectivity index (χ2v) is 10.3. The van der Waals surface area contributed by atoms with E-state index in [0.717, 1.165) is 19.5 Å². The summed E-state index contributed by atoms with van der Waals surface area (Å²) in [5.41, 5.74) is 0.567. The molecule has 1 aliphatic heterocycles. The number of carbonyl (C=O) groups excluding carboxylic acids is 1. The van der Waals surface area contributed by atoms with Gasteiger partial charge in [-0.1, -0.05) is 37.3 Å². The summed E-state index contributed by atoms with van der Waals surface area (Å²) in [4.78, 5) is 15.3. The highest BCUT2D eigenvalue weighted by Gasteiger charge is 2.51. The van der Waals surface area contributed by atoms with Crippen molar-refractivity contribution in [1.29, 1.82) is 0 Å². The second kappa shape index (κ2) is 9.30. The number of rotatable bonds is 8. The Kier molecular flexibility index (Phi) is 7.60. The Morgan fingerprint density at radius 1 is 1.30 bits per heavy atom. The molecule has 6 heteroatoms. The Labute approximate surface area is 166 Å². The third-order valence-corrected chi connectivity index (χ3v) is 6.80. The summed E-state index contributed by atoms with van der Waals surface area (Å²) in [5, 5.41) is 0. The fraction of sp³-hybridized carbons (Fsp3) is 0.667. The average molecular weight is 395 g/mol. The van der Waals surface area contributed by atoms with Crippen LogP contribution in [0.1, 0.15) is 53.0 Å². The molecule has 0 amide bonds. The number of esters is 1. The normalized spacial score (nSPS) is 23.1. The van der Waals surface area contributed by atoms with Gasteiger partial charge in [0.1, 0.15) is 0 Å². The van der Waals surface area contributed by atoms with E-state index in [1.807, 2.05) is 52.8 Å². The van der Waals surface area contributed by atoms with Crippen molar-refractivity contribution < 1.29 is 13.7 Å². The first-order valence-corrected chi connectivity index (χ1v) is 11.0. The van der Waals surface area contributed by atoms with E-state index in [2.05, 4.69) is 21.8 Å². The Morgan fingerprint density at radius 2 is 1.96 bits per heavy atom. The lowest BCUT2D eigenvalue weighted by Gasteiger charge is -2.36. The average Bonchev–Trinajstić information content (AvgIpc) is 3.04. The summed E-state index contributed by atoms with van der Waals surface area (Å²) < 4.78 is 21.1. The van der Waals surface area contributed by atoms with Crippen LogP contribution in [-0.2, 0) is 27.1 Å². The summed E-state index contributed by atoms with van der Waals surface area (Å²) in [6, 6.07) is 10.1. The van der Waals surface area contributed by atoms with E-state index in [-0.39, 0.29) is 16.8 Å². The molecule has 1 aromatic rings. The lowest BCUT2D eigenvalue weighted by molar-refractivity contribution is -0.156. The Morgan fingerprint density at radius 3 is 2.52 bits per heavy atom. The van der Waals surface area contributed by atoms with Crippen molar-refractivity contribution in [1.82, 2.24) is 9.62 Å². The number of ether oxygens (including phenoxy) is 1. The summed E-state index contributed by atoms with van der Waals surface area (Å²) >= 11 is 0. The fourth-order valence-corrected chi connectivity index (χ4v) is 4.66. The van der Waals surface area contributed by atoms with Gasteiger partial charge in [0.2, 0.25) is 0 Å². The highest BCUT2D eigenvalue weighted by molar-refractivity contribution is 7.84. The highest BCUT2D eigenvalue weighted by atomic mass is 32.2. The topological polar surface area (TPSA) is 58.6 Å². The van der Waals surface area contributed by atoms with Gasteiger partial charge in [-0.15, -0.1) is 0 Å². The molecule has 152 valence electrons. The van der Waals surface area contributed by atoms with Gasteiger partial charge in [-0.2, -0.15) is 0 Å². The number of hydrogen-bond donors (Lipinski definition) is 1. The molecule has 3 unspecified atom stereocenters. The van der Waals surface area contributed by atoms with E-state index in [4.69, 9.17) is 4.74 Å². The fourth-order valence-electron chi connectivity index (χ4n) is 3.65. The minimum Gasteiger partial charge on any atom is -0.465 e. The minimum atomic E-state index is -1.24. The van der Waals surface area contributed by atoms with E-state index < -0.39 is 16.4 Å². The Balaban J connectivity index is 2.22. The van der Waals surface area contributed by atoms with Gasteiger partial charge in [-0.25, -0.2) is 8.93 Å². The molecular formula is C21H34N2O3S. The molecule has 0 radical (unpaired) electrons. The van der Waals surface area contributed by atoms with Gasteiger partial charge in [-0.3, -0.25) is 9.69 Å². The summed E-state index contributed by atoms with van der Waals surface area (Å²) in [6.07, 6.45) is 1.44. The molecule has 0 saturated carbocycles. The molecule has 1 fully saturated rings. The van der Waals surface area contributed by atoms with Gasteiger partial charge in [0.25, 0.3) is 0 Å². The first-order valence-electron chi connectivity index (χ1n) is 9.84. The molecular weight excluding hydrogens is 360 g/mol.